The van der Waals surface area contributed by atoms with Gasteiger partial charge in [-0.15, -0.1) is 0 Å². The lowest BCUT2D eigenvalue weighted by molar-refractivity contribution is -0.141. The SMILES string of the molecule is CC(NC(=O)C(NC(=O)c1ccccc1)C(C)(C)C)C(=O)NC(C(=O)C(=O)NCc1cccc(Cl)c1)C(C)C. The Kier molecular flexibility index (Phi) is 11.2. The first-order chi connectivity index (χ1) is 18.2. The van der Waals surface area contributed by atoms with E-state index in [-0.39, 0.29) is 6.54 Å². The minimum Gasteiger partial charge on any atom is -0.345 e. The molecule has 9 nitrogen and oxygen atoms in total. The second kappa shape index (κ2) is 13.9. The van der Waals surface area contributed by atoms with Crippen molar-refractivity contribution in [1.29, 1.82) is 0 Å². The van der Waals surface area contributed by atoms with Gasteiger partial charge in [-0.3, -0.25) is 24.0 Å². The van der Waals surface area contributed by atoms with Crippen molar-refractivity contribution in [2.24, 2.45) is 11.3 Å². The lowest BCUT2D eigenvalue weighted by atomic mass is 9.85. The van der Waals surface area contributed by atoms with Gasteiger partial charge in [0.25, 0.3) is 11.8 Å². The van der Waals surface area contributed by atoms with Crippen LogP contribution >= 0.6 is 11.6 Å². The van der Waals surface area contributed by atoms with Gasteiger partial charge in [0.2, 0.25) is 17.6 Å². The van der Waals surface area contributed by atoms with E-state index in [9.17, 15) is 24.0 Å². The van der Waals surface area contributed by atoms with Crippen LogP contribution in [0.25, 0.3) is 0 Å². The van der Waals surface area contributed by atoms with Crippen molar-refractivity contribution >= 4 is 41.0 Å². The van der Waals surface area contributed by atoms with E-state index in [2.05, 4.69) is 21.3 Å². The van der Waals surface area contributed by atoms with Gasteiger partial charge < -0.3 is 21.3 Å². The third kappa shape index (κ3) is 9.51. The maximum atomic E-state index is 13.1. The first kappa shape index (κ1) is 31.5. The third-order valence-electron chi connectivity index (χ3n) is 6.00. The van der Waals surface area contributed by atoms with Gasteiger partial charge in [0.15, 0.2) is 0 Å². The molecule has 2 rings (SSSR count). The van der Waals surface area contributed by atoms with Crippen LogP contribution in [0.1, 0.15) is 57.5 Å². The van der Waals surface area contributed by atoms with E-state index in [1.54, 1.807) is 89.2 Å². The average molecular weight is 557 g/mol. The minimum absolute atomic E-state index is 0.0965. The molecule has 4 N–H and O–H groups in total. The largest absolute Gasteiger partial charge is 0.345 e. The average Bonchev–Trinajstić information content (AvgIpc) is 2.87. The Labute approximate surface area is 234 Å². The van der Waals surface area contributed by atoms with Crippen LogP contribution in [-0.4, -0.2) is 47.5 Å². The Morgan fingerprint density at radius 1 is 0.821 bits per heavy atom. The van der Waals surface area contributed by atoms with Crippen molar-refractivity contribution in [1.82, 2.24) is 21.3 Å². The van der Waals surface area contributed by atoms with E-state index in [0.717, 1.165) is 5.56 Å². The normalized spacial score (nSPS) is 13.5. The molecule has 3 atom stereocenters. The van der Waals surface area contributed by atoms with Gasteiger partial charge in [0.05, 0.1) is 6.04 Å². The van der Waals surface area contributed by atoms with Crippen molar-refractivity contribution in [2.45, 2.75) is 66.2 Å². The molecule has 2 aromatic carbocycles. The summed E-state index contributed by atoms with van der Waals surface area (Å²) in [4.78, 5) is 64.2. The van der Waals surface area contributed by atoms with Gasteiger partial charge in [-0.1, -0.05) is 76.6 Å². The molecule has 39 heavy (non-hydrogen) atoms. The third-order valence-corrected chi connectivity index (χ3v) is 6.24. The fourth-order valence-corrected chi connectivity index (χ4v) is 3.93. The predicted molar refractivity (Wildman–Crippen MR) is 150 cm³/mol. The summed E-state index contributed by atoms with van der Waals surface area (Å²) in [5.41, 5.74) is 0.456. The summed E-state index contributed by atoms with van der Waals surface area (Å²) in [6, 6.07) is 12.3. The molecule has 0 spiro atoms. The topological polar surface area (TPSA) is 133 Å². The minimum atomic E-state index is -1.10. The zero-order valence-corrected chi connectivity index (χ0v) is 23.9. The number of rotatable bonds is 11. The molecule has 3 unspecified atom stereocenters. The van der Waals surface area contributed by atoms with Crippen LogP contribution in [0, 0.1) is 11.3 Å². The molecular weight excluding hydrogens is 520 g/mol. The summed E-state index contributed by atoms with van der Waals surface area (Å²) in [6.45, 7) is 10.3. The zero-order valence-electron chi connectivity index (χ0n) is 23.1. The Balaban J connectivity index is 2.03. The van der Waals surface area contributed by atoms with Crippen molar-refractivity contribution in [3.8, 4) is 0 Å². The number of carbonyl (C=O) groups is 5. The second-order valence-electron chi connectivity index (χ2n) is 10.8. The molecule has 0 aliphatic carbocycles. The molecule has 2 aromatic rings. The van der Waals surface area contributed by atoms with Gasteiger partial charge in [-0.25, -0.2) is 0 Å². The molecule has 0 fully saturated rings. The lowest BCUT2D eigenvalue weighted by Gasteiger charge is -2.31. The Hall–Kier alpha value is -3.72. The van der Waals surface area contributed by atoms with Crippen LogP contribution < -0.4 is 21.3 Å². The van der Waals surface area contributed by atoms with E-state index in [4.69, 9.17) is 11.6 Å². The highest BCUT2D eigenvalue weighted by Crippen LogP contribution is 2.20. The van der Waals surface area contributed by atoms with E-state index in [1.165, 1.54) is 6.92 Å². The molecule has 0 aromatic heterocycles. The van der Waals surface area contributed by atoms with E-state index >= 15 is 0 Å². The molecule has 0 heterocycles. The maximum absolute atomic E-state index is 13.1. The van der Waals surface area contributed by atoms with Gasteiger partial charge in [-0.05, 0) is 48.1 Å². The number of benzene rings is 2. The number of Topliss-reactive ketones (excluding diaryl/α,β-unsaturated/α-hetero) is 1. The van der Waals surface area contributed by atoms with Gasteiger partial charge in [0, 0.05) is 17.1 Å². The zero-order chi connectivity index (χ0) is 29.3. The summed E-state index contributed by atoms with van der Waals surface area (Å²) in [6.07, 6.45) is 0. The highest BCUT2D eigenvalue weighted by Gasteiger charge is 2.35. The lowest BCUT2D eigenvalue weighted by Crippen LogP contribution is -2.59. The number of nitrogens with one attached hydrogen (secondary N) is 4. The predicted octanol–water partition coefficient (Wildman–Crippen LogP) is 3.02. The van der Waals surface area contributed by atoms with Crippen LogP contribution in [0.4, 0.5) is 0 Å². The number of amides is 4. The molecule has 0 aliphatic heterocycles. The van der Waals surface area contributed by atoms with Crippen LogP contribution in [0.5, 0.6) is 0 Å². The summed E-state index contributed by atoms with van der Waals surface area (Å²) in [7, 11) is 0. The molecule has 210 valence electrons. The molecule has 0 aliphatic rings. The van der Waals surface area contributed by atoms with E-state index in [0.29, 0.717) is 10.6 Å². The van der Waals surface area contributed by atoms with Crippen molar-refractivity contribution in [2.75, 3.05) is 0 Å². The number of ketones is 1. The fourth-order valence-electron chi connectivity index (χ4n) is 3.71. The van der Waals surface area contributed by atoms with Crippen molar-refractivity contribution in [3.05, 3.63) is 70.7 Å². The standard InChI is InChI=1S/C29H37ClN4O5/c1-17(2)22(23(35)27(38)31-16-19-11-10-14-21(30)15-19)33-25(36)18(3)32-28(39)24(29(4,5)6)34-26(37)20-12-8-7-9-13-20/h7-15,17-18,22,24H,16H2,1-6H3,(H,31,38)(H,32,39)(H,33,36)(H,34,37). The van der Waals surface area contributed by atoms with Crippen molar-refractivity contribution < 1.29 is 24.0 Å². The van der Waals surface area contributed by atoms with E-state index in [1.807, 2.05) is 0 Å². The number of hydrogen-bond donors (Lipinski definition) is 4. The number of carbonyl (C=O) groups excluding carboxylic acids is 5. The van der Waals surface area contributed by atoms with Gasteiger partial charge in [-0.2, -0.15) is 0 Å². The smallest absolute Gasteiger partial charge is 0.289 e. The first-order valence-electron chi connectivity index (χ1n) is 12.7. The van der Waals surface area contributed by atoms with Crippen LogP contribution in [0.3, 0.4) is 0 Å². The Bertz CT molecular complexity index is 1190. The summed E-state index contributed by atoms with van der Waals surface area (Å²) >= 11 is 5.96. The molecule has 10 heteroatoms. The van der Waals surface area contributed by atoms with Crippen LogP contribution in [0.2, 0.25) is 5.02 Å². The quantitative estimate of drug-likeness (QED) is 0.316. The second-order valence-corrected chi connectivity index (χ2v) is 11.2. The van der Waals surface area contributed by atoms with Crippen molar-refractivity contribution in [3.63, 3.8) is 0 Å². The summed E-state index contributed by atoms with van der Waals surface area (Å²) in [5, 5.41) is 11.0. The number of hydrogen-bond acceptors (Lipinski definition) is 5. The highest BCUT2D eigenvalue weighted by atomic mass is 35.5. The van der Waals surface area contributed by atoms with Crippen LogP contribution in [-0.2, 0) is 25.7 Å². The molecule has 0 radical (unpaired) electrons. The highest BCUT2D eigenvalue weighted by molar-refractivity contribution is 6.38. The monoisotopic (exact) mass is 556 g/mol. The Morgan fingerprint density at radius 3 is 2.03 bits per heavy atom. The summed E-state index contributed by atoms with van der Waals surface area (Å²) in [5.74, 6) is -3.66. The first-order valence-corrected chi connectivity index (χ1v) is 13.1. The summed E-state index contributed by atoms with van der Waals surface area (Å²) < 4.78 is 0. The fraction of sp³-hybridized carbons (Fsp3) is 0.414. The van der Waals surface area contributed by atoms with Crippen LogP contribution in [0.15, 0.2) is 54.6 Å². The molecule has 0 saturated carbocycles. The number of halogens is 1. The molecule has 0 bridgehead atoms. The van der Waals surface area contributed by atoms with E-state index < -0.39 is 58.9 Å². The Morgan fingerprint density at radius 2 is 1.46 bits per heavy atom. The van der Waals surface area contributed by atoms with Gasteiger partial charge >= 0.3 is 0 Å². The molecule has 0 saturated heterocycles. The molecular formula is C29H37ClN4O5. The molecule has 4 amide bonds. The maximum Gasteiger partial charge on any atom is 0.289 e. The van der Waals surface area contributed by atoms with Gasteiger partial charge in [0.1, 0.15) is 12.1 Å².